The minimum Gasteiger partial charge on any atom is -0.446 e. The number of nitrogens with zero attached hydrogens (tertiary/aromatic N) is 1. The molecular weight excluding hydrogens is 396 g/mol. The molecule has 0 bridgehead atoms. The molecule has 0 radical (unpaired) electrons. The lowest BCUT2D eigenvalue weighted by Gasteiger charge is -2.44. The predicted molar refractivity (Wildman–Crippen MR) is 129 cm³/mol. The van der Waals surface area contributed by atoms with Gasteiger partial charge in [0.2, 0.25) is 0 Å². The van der Waals surface area contributed by atoms with Crippen LogP contribution in [-0.2, 0) is 10.2 Å². The Morgan fingerprint density at radius 2 is 1.78 bits per heavy atom. The fourth-order valence-corrected chi connectivity index (χ4v) is 6.03. The van der Waals surface area contributed by atoms with Crippen LogP contribution < -0.4 is 5.32 Å². The van der Waals surface area contributed by atoms with E-state index in [-0.39, 0.29) is 23.7 Å². The lowest BCUT2D eigenvalue weighted by molar-refractivity contribution is 0.0320. The molecule has 1 N–H and O–H groups in total. The maximum atomic E-state index is 12.8. The first kappa shape index (κ1) is 21.0. The van der Waals surface area contributed by atoms with Crippen molar-refractivity contribution >= 4 is 16.9 Å². The molecule has 1 unspecified atom stereocenters. The van der Waals surface area contributed by atoms with Gasteiger partial charge in [-0.15, -0.1) is 0 Å². The summed E-state index contributed by atoms with van der Waals surface area (Å²) in [6.45, 7) is 3.12. The monoisotopic (exact) mass is 428 g/mol. The number of alkyl carbamates (subject to hydrolysis) is 1. The number of ether oxygens (including phenoxy) is 1. The van der Waals surface area contributed by atoms with Gasteiger partial charge in [0.05, 0.1) is 6.04 Å². The van der Waals surface area contributed by atoms with Gasteiger partial charge in [0.15, 0.2) is 0 Å². The smallest absolute Gasteiger partial charge is 0.407 e. The van der Waals surface area contributed by atoms with Crippen molar-refractivity contribution in [3.63, 3.8) is 0 Å². The lowest BCUT2D eigenvalue weighted by atomic mass is 9.65. The van der Waals surface area contributed by atoms with E-state index in [1.54, 1.807) is 0 Å². The number of amides is 1. The third-order valence-corrected chi connectivity index (χ3v) is 7.73. The summed E-state index contributed by atoms with van der Waals surface area (Å²) in [5, 5.41) is 5.42. The van der Waals surface area contributed by atoms with Crippen LogP contribution in [0.2, 0.25) is 0 Å². The molecule has 5 rings (SSSR count). The van der Waals surface area contributed by atoms with E-state index >= 15 is 0 Å². The largest absolute Gasteiger partial charge is 0.446 e. The average Bonchev–Trinajstić information content (AvgIpc) is 3.16. The predicted octanol–water partition coefficient (Wildman–Crippen LogP) is 5.82. The highest BCUT2D eigenvalue weighted by molar-refractivity contribution is 5.86. The number of fused-ring (bicyclic) bond motifs is 2. The summed E-state index contributed by atoms with van der Waals surface area (Å²) >= 11 is 0. The van der Waals surface area contributed by atoms with E-state index in [9.17, 15) is 4.79 Å². The molecule has 1 aliphatic carbocycles. The van der Waals surface area contributed by atoms with E-state index in [0.717, 1.165) is 31.4 Å². The van der Waals surface area contributed by atoms with Crippen molar-refractivity contribution < 1.29 is 9.53 Å². The van der Waals surface area contributed by atoms with Gasteiger partial charge in [0, 0.05) is 17.9 Å². The van der Waals surface area contributed by atoms with Crippen LogP contribution in [0.25, 0.3) is 10.8 Å². The van der Waals surface area contributed by atoms with Gasteiger partial charge < -0.3 is 15.0 Å². The Balaban J connectivity index is 1.26. The first-order chi connectivity index (χ1) is 15.6. The highest BCUT2D eigenvalue weighted by Gasteiger charge is 2.50. The zero-order valence-corrected chi connectivity index (χ0v) is 19.0. The third kappa shape index (κ3) is 3.77. The number of nitrogens with one attached hydrogen (secondary N) is 1. The van der Waals surface area contributed by atoms with Crippen LogP contribution in [0.4, 0.5) is 4.79 Å². The van der Waals surface area contributed by atoms with Crippen LogP contribution in [0.1, 0.15) is 49.8 Å². The molecule has 1 aliphatic heterocycles. The summed E-state index contributed by atoms with van der Waals surface area (Å²) in [5.74, 6) is 0. The Hall–Kier alpha value is -2.85. The van der Waals surface area contributed by atoms with E-state index in [4.69, 9.17) is 4.74 Å². The van der Waals surface area contributed by atoms with Crippen molar-refractivity contribution in [1.82, 2.24) is 10.2 Å². The van der Waals surface area contributed by atoms with Crippen molar-refractivity contribution in [2.75, 3.05) is 13.6 Å². The topological polar surface area (TPSA) is 41.6 Å². The minimum atomic E-state index is -0.316. The normalized spacial score (nSPS) is 26.4. The summed E-state index contributed by atoms with van der Waals surface area (Å²) in [4.78, 5) is 15.3. The van der Waals surface area contributed by atoms with Gasteiger partial charge in [-0.3, -0.25) is 0 Å². The van der Waals surface area contributed by atoms with Crippen LogP contribution in [0.5, 0.6) is 0 Å². The molecule has 4 nitrogen and oxygen atoms in total. The molecule has 2 fully saturated rings. The van der Waals surface area contributed by atoms with E-state index in [1.165, 1.54) is 22.8 Å². The highest BCUT2D eigenvalue weighted by atomic mass is 16.6. The molecule has 2 aliphatic rings. The zero-order valence-electron chi connectivity index (χ0n) is 19.0. The summed E-state index contributed by atoms with van der Waals surface area (Å²) in [6.07, 6.45) is 3.68. The molecule has 4 atom stereocenters. The quantitative estimate of drug-likeness (QED) is 0.569. The molecule has 166 valence electrons. The number of benzene rings is 3. The number of hydrogen-bond donors (Lipinski definition) is 1. The summed E-state index contributed by atoms with van der Waals surface area (Å²) in [5.41, 5.74) is 2.73. The maximum Gasteiger partial charge on any atom is 0.407 e. The van der Waals surface area contributed by atoms with Crippen molar-refractivity contribution in [1.29, 1.82) is 0 Å². The molecular formula is C28H32N2O2. The van der Waals surface area contributed by atoms with Crippen molar-refractivity contribution in [2.45, 2.75) is 56.2 Å². The number of rotatable bonds is 4. The average molecular weight is 429 g/mol. The van der Waals surface area contributed by atoms with Gasteiger partial charge in [0.25, 0.3) is 0 Å². The van der Waals surface area contributed by atoms with Crippen LogP contribution in [0.15, 0.2) is 72.8 Å². The van der Waals surface area contributed by atoms with Crippen LogP contribution in [-0.4, -0.2) is 36.7 Å². The summed E-state index contributed by atoms with van der Waals surface area (Å²) < 4.78 is 5.96. The third-order valence-electron chi connectivity index (χ3n) is 7.73. The number of carbonyl (C=O) groups is 1. The fraction of sp³-hybridized carbons (Fsp3) is 0.393. The Bertz CT molecular complexity index is 1090. The van der Waals surface area contributed by atoms with Crippen LogP contribution in [0, 0.1) is 0 Å². The molecule has 32 heavy (non-hydrogen) atoms. The van der Waals surface area contributed by atoms with Crippen molar-refractivity contribution in [2.24, 2.45) is 0 Å². The first-order valence-corrected chi connectivity index (χ1v) is 11.8. The second-order valence-corrected chi connectivity index (χ2v) is 9.50. The lowest BCUT2D eigenvalue weighted by Crippen LogP contribution is -2.48. The molecule has 1 saturated carbocycles. The Kier molecular flexibility index (Phi) is 5.64. The highest BCUT2D eigenvalue weighted by Crippen LogP contribution is 2.48. The van der Waals surface area contributed by atoms with Crippen molar-refractivity contribution in [3.05, 3.63) is 83.9 Å². The van der Waals surface area contributed by atoms with Crippen molar-refractivity contribution in [3.8, 4) is 0 Å². The molecule has 0 aromatic heterocycles. The van der Waals surface area contributed by atoms with Gasteiger partial charge in [-0.25, -0.2) is 4.79 Å². The molecule has 0 spiro atoms. The SMILES string of the molecule is C[C@H](NC(=O)OC1CC[C@@]2(c3ccccc3)CCN(C)[C@H]2C1)c1cccc2ccccc12. The van der Waals surface area contributed by atoms with Gasteiger partial charge >= 0.3 is 6.09 Å². The second kappa shape index (κ2) is 8.59. The van der Waals surface area contributed by atoms with E-state index in [1.807, 2.05) is 25.1 Å². The molecule has 1 heterocycles. The van der Waals surface area contributed by atoms with Gasteiger partial charge in [-0.05, 0) is 61.7 Å². The van der Waals surface area contributed by atoms with E-state index < -0.39 is 0 Å². The molecule has 1 saturated heterocycles. The number of likely N-dealkylation sites (N-methyl/N-ethyl adjacent to an activating group) is 1. The van der Waals surface area contributed by atoms with Gasteiger partial charge in [-0.2, -0.15) is 0 Å². The Morgan fingerprint density at radius 1 is 1.03 bits per heavy atom. The van der Waals surface area contributed by atoms with Gasteiger partial charge in [-0.1, -0.05) is 72.8 Å². The second-order valence-electron chi connectivity index (χ2n) is 9.50. The number of carbonyl (C=O) groups excluding carboxylic acids is 1. The number of hydrogen-bond acceptors (Lipinski definition) is 3. The van der Waals surface area contributed by atoms with E-state index in [2.05, 4.69) is 71.9 Å². The Labute approximate surface area is 190 Å². The standard InChI is InChI=1S/C28H32N2O2/c1-20(24-14-8-10-21-9-6-7-13-25(21)24)29-27(31)32-23-15-16-28(22-11-4-3-5-12-22)17-18-30(2)26(28)19-23/h3-14,20,23,26H,15-19H2,1-2H3,(H,29,31)/t20-,23?,26-,28-/m0/s1. The maximum absolute atomic E-state index is 12.8. The van der Waals surface area contributed by atoms with Crippen LogP contribution in [0.3, 0.4) is 0 Å². The summed E-state index contributed by atoms with van der Waals surface area (Å²) in [6, 6.07) is 25.7. The van der Waals surface area contributed by atoms with Gasteiger partial charge in [0.1, 0.15) is 6.10 Å². The Morgan fingerprint density at radius 3 is 2.62 bits per heavy atom. The first-order valence-electron chi connectivity index (χ1n) is 11.8. The summed E-state index contributed by atoms with van der Waals surface area (Å²) in [7, 11) is 2.21. The minimum absolute atomic E-state index is 0.0443. The number of likely N-dealkylation sites (tertiary alicyclic amines) is 1. The zero-order chi connectivity index (χ0) is 22.1. The van der Waals surface area contributed by atoms with Crippen LogP contribution >= 0.6 is 0 Å². The fourth-order valence-electron chi connectivity index (χ4n) is 6.03. The molecule has 3 aromatic carbocycles. The molecule has 4 heteroatoms. The van der Waals surface area contributed by atoms with E-state index in [0.29, 0.717) is 6.04 Å². The molecule has 1 amide bonds. The molecule has 3 aromatic rings.